The fourth-order valence-corrected chi connectivity index (χ4v) is 1.49. The van der Waals surface area contributed by atoms with Crippen molar-refractivity contribution in [2.45, 2.75) is 0 Å². The molecule has 7 nitrogen and oxygen atoms in total. The maximum atomic E-state index is 11.8. The number of rotatable bonds is 4. The molecular weight excluding hydrogens is 333 g/mol. The van der Waals surface area contributed by atoms with Gasteiger partial charge in [0.1, 0.15) is 5.75 Å². The molecule has 0 unspecified atom stereocenters. The van der Waals surface area contributed by atoms with Crippen molar-refractivity contribution in [2.75, 3.05) is 7.11 Å². The van der Waals surface area contributed by atoms with Crippen LogP contribution >= 0.6 is 0 Å². The Bertz CT molecular complexity index is 635. The molecule has 2 rings (SSSR count). The zero-order valence-corrected chi connectivity index (χ0v) is 12.5. The smallest absolute Gasteiger partial charge is 0.870 e. The standard InChI is InChI=1S/C14H13N3O3.Ni.H2O/c1-20-12-4-2-3-11(13(12)18)9-16-17-14(19)10-5-7-15-8-6-10;;/h2-9H,1H3,(H2,15,16,17,18,19);;1H2/q;+2;/p-2. The van der Waals surface area contributed by atoms with Gasteiger partial charge in [-0.15, -0.1) is 0 Å². The second kappa shape index (κ2) is 9.49. The molecule has 0 saturated heterocycles. The first-order valence-corrected chi connectivity index (χ1v) is 5.75. The van der Waals surface area contributed by atoms with Crippen molar-refractivity contribution in [1.82, 2.24) is 4.98 Å². The first-order chi connectivity index (χ1) is 9.72. The van der Waals surface area contributed by atoms with Crippen LogP contribution in [0.5, 0.6) is 11.5 Å². The first kappa shape index (κ1) is 19.6. The summed E-state index contributed by atoms with van der Waals surface area (Å²) in [5.41, 5.74) is 4.19. The number of pyridine rings is 1. The molecule has 1 amide bonds. The van der Waals surface area contributed by atoms with Crippen LogP contribution in [0, 0.1) is 0 Å². The van der Waals surface area contributed by atoms with Crippen LogP contribution in [-0.2, 0) is 16.5 Å². The van der Waals surface area contributed by atoms with Gasteiger partial charge < -0.3 is 30.6 Å². The van der Waals surface area contributed by atoms with Crippen LogP contribution in [0.2, 0.25) is 0 Å². The van der Waals surface area contributed by atoms with Crippen LogP contribution in [0.1, 0.15) is 15.9 Å². The number of benzene rings is 1. The summed E-state index contributed by atoms with van der Waals surface area (Å²) in [6.07, 6.45) is 4.21. The van der Waals surface area contributed by atoms with Gasteiger partial charge in [0.05, 0.1) is 13.0 Å². The fourth-order valence-electron chi connectivity index (χ4n) is 1.49. The number of para-hydroxylation sites is 1. The second-order valence-electron chi connectivity index (χ2n) is 3.76. The minimum absolute atomic E-state index is 0. The summed E-state index contributed by atoms with van der Waals surface area (Å²) in [6, 6.07) is 7.85. The zero-order chi connectivity index (χ0) is 14.4. The quantitative estimate of drug-likeness (QED) is 0.464. The average Bonchev–Trinajstić information content (AvgIpc) is 2.49. The minimum atomic E-state index is -0.501. The summed E-state index contributed by atoms with van der Waals surface area (Å²) < 4.78 is 4.90. The summed E-state index contributed by atoms with van der Waals surface area (Å²) >= 11 is 0. The Morgan fingerprint density at radius 3 is 2.64 bits per heavy atom. The molecule has 0 aliphatic rings. The molecule has 8 heteroatoms. The van der Waals surface area contributed by atoms with Crippen molar-refractivity contribution in [2.24, 2.45) is 5.10 Å². The van der Waals surface area contributed by atoms with Gasteiger partial charge in [0.15, 0.2) is 0 Å². The topological polar surface area (TPSA) is 120 Å². The van der Waals surface area contributed by atoms with Crippen molar-refractivity contribution in [3.8, 4) is 11.5 Å². The van der Waals surface area contributed by atoms with Gasteiger partial charge >= 0.3 is 16.5 Å². The molecule has 0 atom stereocenters. The molecule has 1 aromatic heterocycles. The molecule has 1 heterocycles. The van der Waals surface area contributed by atoms with E-state index in [1.807, 2.05) is 0 Å². The molecule has 2 aromatic rings. The van der Waals surface area contributed by atoms with E-state index in [1.165, 1.54) is 37.9 Å². The molecule has 0 fully saturated rings. The molecule has 118 valence electrons. The van der Waals surface area contributed by atoms with Crippen molar-refractivity contribution in [1.29, 1.82) is 0 Å². The van der Waals surface area contributed by atoms with E-state index in [0.29, 0.717) is 11.1 Å². The van der Waals surface area contributed by atoms with Gasteiger partial charge in [-0.1, -0.05) is 17.9 Å². The predicted molar refractivity (Wildman–Crippen MR) is 75.6 cm³/mol. The molecule has 22 heavy (non-hydrogen) atoms. The van der Waals surface area contributed by atoms with Gasteiger partial charge in [-0.05, 0) is 23.8 Å². The molecule has 0 radical (unpaired) electrons. The number of ether oxygens (including phenoxy) is 1. The van der Waals surface area contributed by atoms with Crippen molar-refractivity contribution in [3.05, 3.63) is 59.3 Å². The number of carbonyl (C=O) groups excluding carboxylic acids is 1. The summed E-state index contributed by atoms with van der Waals surface area (Å²) in [5, 5.41) is 15.4. The van der Waals surface area contributed by atoms with Gasteiger partial charge in [0.2, 0.25) is 0 Å². The monoisotopic (exact) mass is 345 g/mol. The van der Waals surface area contributed by atoms with Crippen LogP contribution in [0.15, 0.2) is 47.8 Å². The molecular formula is C14H13N3NiO4. The van der Waals surface area contributed by atoms with Crippen LogP contribution < -0.4 is 9.84 Å². The summed E-state index contributed by atoms with van der Waals surface area (Å²) in [6.45, 7) is 0. The van der Waals surface area contributed by atoms with Crippen molar-refractivity contribution in [3.63, 3.8) is 0 Å². The Morgan fingerprint density at radius 1 is 1.32 bits per heavy atom. The Hall–Kier alpha value is -2.44. The maximum absolute atomic E-state index is 11.8. The van der Waals surface area contributed by atoms with E-state index in [-0.39, 0.29) is 33.5 Å². The molecule has 0 aliphatic carbocycles. The number of methoxy groups -OCH3 is 1. The Kier molecular flexibility index (Phi) is 8.44. The van der Waals surface area contributed by atoms with Crippen LogP contribution in [0.3, 0.4) is 0 Å². The van der Waals surface area contributed by atoms with E-state index >= 15 is 0 Å². The number of aromatic nitrogens is 1. The third-order valence-electron chi connectivity index (χ3n) is 2.50. The Balaban J connectivity index is 0.00000220. The molecule has 0 saturated carbocycles. The third-order valence-corrected chi connectivity index (χ3v) is 2.50. The Morgan fingerprint density at radius 2 is 2.00 bits per heavy atom. The normalized spacial score (nSPS) is 9.50. The summed E-state index contributed by atoms with van der Waals surface area (Å²) in [4.78, 5) is 15.4. The Labute approximate surface area is 137 Å². The SMILES string of the molecule is COc1cccc(C=N[N-]C(=O)c2ccncc2)c1[O-].O.[Ni+2]. The first-order valence-electron chi connectivity index (χ1n) is 5.75. The number of nitrogens with zero attached hydrogens (tertiary/aromatic N) is 3. The number of amides is 1. The van der Waals surface area contributed by atoms with E-state index in [9.17, 15) is 9.90 Å². The summed E-state index contributed by atoms with van der Waals surface area (Å²) in [5.74, 6) is -0.585. The average molecular weight is 346 g/mol. The molecule has 0 bridgehead atoms. The molecule has 0 spiro atoms. The van der Waals surface area contributed by atoms with Crippen LogP contribution in [-0.4, -0.2) is 29.7 Å². The molecule has 1 aromatic carbocycles. The largest absolute Gasteiger partial charge is 2.00 e. The maximum Gasteiger partial charge on any atom is 2.00 e. The molecule has 0 aliphatic heterocycles. The van der Waals surface area contributed by atoms with Crippen molar-refractivity contribution < 1.29 is 36.6 Å². The van der Waals surface area contributed by atoms with Gasteiger partial charge in [-0.3, -0.25) is 4.98 Å². The van der Waals surface area contributed by atoms with E-state index in [2.05, 4.69) is 15.5 Å². The number of hydrogen-bond acceptors (Lipinski definition) is 5. The van der Waals surface area contributed by atoms with Gasteiger partial charge in [-0.2, -0.15) is 0 Å². The van der Waals surface area contributed by atoms with Crippen LogP contribution in [0.25, 0.3) is 5.43 Å². The van der Waals surface area contributed by atoms with E-state index < -0.39 is 5.91 Å². The zero-order valence-electron chi connectivity index (χ0n) is 11.5. The predicted octanol–water partition coefficient (Wildman–Crippen LogP) is 0.885. The van der Waals surface area contributed by atoms with E-state index in [1.54, 1.807) is 18.2 Å². The van der Waals surface area contributed by atoms with Crippen molar-refractivity contribution >= 4 is 12.1 Å². The van der Waals surface area contributed by atoms with Crippen LogP contribution in [0.4, 0.5) is 0 Å². The third kappa shape index (κ3) is 4.84. The number of hydrogen-bond donors (Lipinski definition) is 0. The van der Waals surface area contributed by atoms with E-state index in [0.717, 1.165) is 0 Å². The summed E-state index contributed by atoms with van der Waals surface area (Å²) in [7, 11) is 1.41. The second-order valence-corrected chi connectivity index (χ2v) is 3.76. The molecule has 2 N–H and O–H groups in total. The number of carbonyl (C=O) groups is 1. The van der Waals surface area contributed by atoms with Gasteiger partial charge in [0.25, 0.3) is 0 Å². The van der Waals surface area contributed by atoms with Gasteiger partial charge in [0, 0.05) is 24.2 Å². The fraction of sp³-hybridized carbons (Fsp3) is 0.0714. The van der Waals surface area contributed by atoms with E-state index in [4.69, 9.17) is 4.74 Å². The minimum Gasteiger partial charge on any atom is -0.870 e. The van der Waals surface area contributed by atoms with Gasteiger partial charge in [-0.25, -0.2) is 0 Å².